The number of anilines is 1. The molecule has 0 bridgehead atoms. The Hall–Kier alpha value is -2.78. The summed E-state index contributed by atoms with van der Waals surface area (Å²) in [5.74, 6) is 0.116. The molecule has 4 rings (SSSR count). The number of aromatic nitrogens is 3. The van der Waals surface area contributed by atoms with Gasteiger partial charge < -0.3 is 5.32 Å². The molecule has 2 heterocycles. The van der Waals surface area contributed by atoms with E-state index in [1.165, 1.54) is 11.3 Å². The van der Waals surface area contributed by atoms with E-state index in [9.17, 15) is 5.26 Å². The number of thiazole rings is 1. The average Bonchev–Trinajstić information content (AvgIpc) is 3.30. The minimum atomic E-state index is -0.477. The first-order valence-corrected chi connectivity index (χ1v) is 8.71. The summed E-state index contributed by atoms with van der Waals surface area (Å²) in [5, 5.41) is 15.6. The second kappa shape index (κ2) is 6.38. The molecule has 24 heavy (non-hydrogen) atoms. The maximum absolute atomic E-state index is 9.63. The predicted octanol–water partition coefficient (Wildman–Crippen LogP) is 3.83. The number of rotatable bonds is 5. The van der Waals surface area contributed by atoms with E-state index in [-0.39, 0.29) is 0 Å². The lowest BCUT2D eigenvalue weighted by molar-refractivity contribution is 0.922. The van der Waals surface area contributed by atoms with Crippen molar-refractivity contribution in [1.29, 1.82) is 5.26 Å². The van der Waals surface area contributed by atoms with Crippen molar-refractivity contribution in [3.63, 3.8) is 0 Å². The van der Waals surface area contributed by atoms with Crippen LogP contribution in [0.2, 0.25) is 0 Å². The van der Waals surface area contributed by atoms with Crippen LogP contribution in [0.5, 0.6) is 0 Å². The van der Waals surface area contributed by atoms with Gasteiger partial charge in [0.05, 0.1) is 17.5 Å². The molecule has 0 spiro atoms. The molecule has 1 atom stereocenters. The highest BCUT2D eigenvalue weighted by Crippen LogP contribution is 2.30. The van der Waals surface area contributed by atoms with Gasteiger partial charge in [-0.25, -0.2) is 15.0 Å². The molecular formula is C18H15N5S. The summed E-state index contributed by atoms with van der Waals surface area (Å²) in [6.45, 7) is 0. The number of nitriles is 1. The van der Waals surface area contributed by atoms with Gasteiger partial charge >= 0.3 is 0 Å². The summed E-state index contributed by atoms with van der Waals surface area (Å²) in [7, 11) is 0. The zero-order valence-electron chi connectivity index (χ0n) is 12.9. The Bertz CT molecular complexity index is 880. The molecule has 0 saturated heterocycles. The highest BCUT2D eigenvalue weighted by molar-refractivity contribution is 7.10. The van der Waals surface area contributed by atoms with E-state index in [2.05, 4.69) is 26.3 Å². The van der Waals surface area contributed by atoms with Gasteiger partial charge in [0, 0.05) is 23.2 Å². The van der Waals surface area contributed by atoms with Crippen LogP contribution in [0.1, 0.15) is 29.5 Å². The van der Waals surface area contributed by atoms with Crippen molar-refractivity contribution >= 4 is 17.3 Å². The molecular weight excluding hydrogens is 318 g/mol. The number of benzene rings is 1. The van der Waals surface area contributed by atoms with E-state index in [1.54, 1.807) is 12.3 Å². The van der Waals surface area contributed by atoms with Crippen LogP contribution in [0.3, 0.4) is 0 Å². The molecule has 0 aliphatic heterocycles. The fourth-order valence-corrected chi connectivity index (χ4v) is 3.30. The van der Waals surface area contributed by atoms with E-state index in [4.69, 9.17) is 0 Å². The lowest BCUT2D eigenvalue weighted by Gasteiger charge is -2.08. The van der Waals surface area contributed by atoms with Gasteiger partial charge in [-0.3, -0.25) is 0 Å². The maximum Gasteiger partial charge on any atom is 0.223 e. The van der Waals surface area contributed by atoms with Crippen LogP contribution in [0.15, 0.2) is 48.0 Å². The Morgan fingerprint density at radius 3 is 2.75 bits per heavy atom. The average molecular weight is 333 g/mol. The second-order valence-electron chi connectivity index (χ2n) is 5.72. The van der Waals surface area contributed by atoms with Gasteiger partial charge in [0.1, 0.15) is 10.9 Å². The second-order valence-corrected chi connectivity index (χ2v) is 6.61. The number of hydrogen-bond donors (Lipinski definition) is 1. The van der Waals surface area contributed by atoms with E-state index >= 15 is 0 Å². The first-order chi connectivity index (χ1) is 11.8. The normalized spacial score (nSPS) is 14.8. The van der Waals surface area contributed by atoms with Crippen LogP contribution in [0.4, 0.5) is 5.95 Å². The fourth-order valence-electron chi connectivity index (χ4n) is 2.42. The van der Waals surface area contributed by atoms with Crippen LogP contribution in [-0.2, 0) is 0 Å². The lowest BCUT2D eigenvalue weighted by atomic mass is 10.1. The van der Waals surface area contributed by atoms with Crippen molar-refractivity contribution in [2.75, 3.05) is 5.32 Å². The number of nitrogens with zero attached hydrogens (tertiary/aromatic N) is 4. The minimum Gasteiger partial charge on any atom is -0.351 e. The Kier molecular flexibility index (Phi) is 3.93. The first kappa shape index (κ1) is 14.8. The monoisotopic (exact) mass is 333 g/mol. The molecule has 3 aromatic rings. The zero-order valence-corrected chi connectivity index (χ0v) is 13.7. The van der Waals surface area contributed by atoms with E-state index < -0.39 is 5.92 Å². The Morgan fingerprint density at radius 1 is 1.17 bits per heavy atom. The fraction of sp³-hybridized carbons (Fsp3) is 0.222. The summed E-state index contributed by atoms with van der Waals surface area (Å²) in [5.41, 5.74) is 2.63. The standard InChI is InChI=1S/C18H15N5S/c19-10-14(15-8-9-20-18(23-15)21-13-6-7-13)17-22-16(11-24-17)12-4-2-1-3-5-12/h1-5,8-9,11,13-14H,6-7H2,(H,20,21,23). The van der Waals surface area contributed by atoms with Crippen LogP contribution < -0.4 is 5.32 Å². The molecule has 0 radical (unpaired) electrons. The van der Waals surface area contributed by atoms with Gasteiger partial charge in [0.15, 0.2) is 0 Å². The molecule has 118 valence electrons. The largest absolute Gasteiger partial charge is 0.351 e. The smallest absolute Gasteiger partial charge is 0.223 e. The van der Waals surface area contributed by atoms with Crippen LogP contribution >= 0.6 is 11.3 Å². The SMILES string of the molecule is N#CC(c1ccnc(NC2CC2)n1)c1nc(-c2ccccc2)cs1. The molecule has 1 aliphatic rings. The molecule has 1 unspecified atom stereocenters. The molecule has 1 N–H and O–H groups in total. The summed E-state index contributed by atoms with van der Waals surface area (Å²) in [6, 6.07) is 14.6. The Balaban J connectivity index is 1.62. The zero-order chi connectivity index (χ0) is 16.4. The Labute approximate surface area is 144 Å². The minimum absolute atomic E-state index is 0.477. The van der Waals surface area contributed by atoms with Crippen molar-refractivity contribution in [3.8, 4) is 17.3 Å². The van der Waals surface area contributed by atoms with Crippen LogP contribution in [-0.4, -0.2) is 21.0 Å². The van der Waals surface area contributed by atoms with Gasteiger partial charge in [-0.05, 0) is 18.9 Å². The molecule has 6 heteroatoms. The van der Waals surface area contributed by atoms with Gasteiger partial charge in [-0.15, -0.1) is 11.3 Å². The molecule has 1 saturated carbocycles. The Morgan fingerprint density at radius 2 is 2.00 bits per heavy atom. The van der Waals surface area contributed by atoms with Gasteiger partial charge in [-0.2, -0.15) is 5.26 Å². The highest BCUT2D eigenvalue weighted by atomic mass is 32.1. The van der Waals surface area contributed by atoms with Crippen molar-refractivity contribution < 1.29 is 0 Å². The first-order valence-electron chi connectivity index (χ1n) is 7.83. The van der Waals surface area contributed by atoms with Crippen LogP contribution in [0.25, 0.3) is 11.3 Å². The third-order valence-corrected chi connectivity index (χ3v) is 4.76. The summed E-state index contributed by atoms with van der Waals surface area (Å²) in [6.07, 6.45) is 4.01. The van der Waals surface area contributed by atoms with E-state index in [1.807, 2.05) is 35.7 Å². The van der Waals surface area contributed by atoms with Gasteiger partial charge in [0.2, 0.25) is 5.95 Å². The molecule has 1 aliphatic carbocycles. The van der Waals surface area contributed by atoms with Gasteiger partial charge in [0.25, 0.3) is 0 Å². The van der Waals surface area contributed by atoms with E-state index in [0.717, 1.165) is 29.1 Å². The maximum atomic E-state index is 9.63. The van der Waals surface area contributed by atoms with Crippen molar-refractivity contribution in [1.82, 2.24) is 15.0 Å². The molecule has 1 aromatic carbocycles. The summed E-state index contributed by atoms with van der Waals surface area (Å²) < 4.78 is 0. The molecule has 2 aromatic heterocycles. The number of nitrogens with one attached hydrogen (secondary N) is 1. The summed E-state index contributed by atoms with van der Waals surface area (Å²) in [4.78, 5) is 13.4. The molecule has 0 amide bonds. The highest BCUT2D eigenvalue weighted by Gasteiger charge is 2.24. The van der Waals surface area contributed by atoms with Crippen molar-refractivity contribution in [2.45, 2.75) is 24.8 Å². The topological polar surface area (TPSA) is 74.5 Å². The van der Waals surface area contributed by atoms with Crippen molar-refractivity contribution in [3.05, 3.63) is 58.7 Å². The molecule has 1 fully saturated rings. The quantitative estimate of drug-likeness (QED) is 0.768. The predicted molar refractivity (Wildman–Crippen MR) is 93.7 cm³/mol. The van der Waals surface area contributed by atoms with E-state index in [0.29, 0.717) is 17.7 Å². The van der Waals surface area contributed by atoms with Gasteiger partial charge in [-0.1, -0.05) is 30.3 Å². The number of hydrogen-bond acceptors (Lipinski definition) is 6. The summed E-state index contributed by atoms with van der Waals surface area (Å²) >= 11 is 1.49. The van der Waals surface area contributed by atoms with Crippen molar-refractivity contribution in [2.24, 2.45) is 0 Å². The lowest BCUT2D eigenvalue weighted by Crippen LogP contribution is -2.08. The third kappa shape index (κ3) is 3.12. The molecule has 5 nitrogen and oxygen atoms in total. The van der Waals surface area contributed by atoms with Crippen LogP contribution in [0, 0.1) is 11.3 Å². The third-order valence-electron chi connectivity index (χ3n) is 3.85.